The highest BCUT2D eigenvalue weighted by Crippen LogP contribution is 2.42. The van der Waals surface area contributed by atoms with Crippen LogP contribution in [0.4, 0.5) is 0 Å². The van der Waals surface area contributed by atoms with Gasteiger partial charge in [-0.3, -0.25) is 14.8 Å². The number of nitrogens with one attached hydrogen (secondary N) is 1. The molecule has 40 heavy (non-hydrogen) atoms. The Labute approximate surface area is 238 Å². The topological polar surface area (TPSA) is 69.6 Å². The van der Waals surface area contributed by atoms with Crippen LogP contribution in [-0.4, -0.2) is 69.3 Å². The van der Waals surface area contributed by atoms with Crippen LogP contribution in [0.5, 0.6) is 5.75 Å². The number of aromatic nitrogens is 3. The summed E-state index contributed by atoms with van der Waals surface area (Å²) in [6.45, 7) is 17.3. The van der Waals surface area contributed by atoms with E-state index in [0.29, 0.717) is 18.1 Å². The van der Waals surface area contributed by atoms with E-state index in [-0.39, 0.29) is 0 Å². The second-order valence-electron chi connectivity index (χ2n) is 12.9. The molecule has 0 amide bonds. The third-order valence-electron chi connectivity index (χ3n) is 8.97. The zero-order valence-corrected chi connectivity index (χ0v) is 24.9. The second-order valence-corrected chi connectivity index (χ2v) is 12.9. The van der Waals surface area contributed by atoms with Crippen molar-refractivity contribution < 1.29 is 4.74 Å². The molecular weight excluding hydrogens is 496 g/mol. The van der Waals surface area contributed by atoms with E-state index in [1.54, 1.807) is 0 Å². The van der Waals surface area contributed by atoms with Gasteiger partial charge in [0.1, 0.15) is 18.2 Å². The van der Waals surface area contributed by atoms with Crippen LogP contribution in [0, 0.1) is 12.3 Å². The number of fused-ring (bicyclic) bond motifs is 2. The summed E-state index contributed by atoms with van der Waals surface area (Å²) in [6.07, 6.45) is 7.93. The zero-order valence-electron chi connectivity index (χ0n) is 24.9. The molecule has 4 heterocycles. The molecule has 1 atom stereocenters. The van der Waals surface area contributed by atoms with Gasteiger partial charge >= 0.3 is 0 Å². The summed E-state index contributed by atoms with van der Waals surface area (Å²) < 4.78 is 6.26. The van der Waals surface area contributed by atoms with E-state index in [2.05, 4.69) is 76.7 Å². The van der Waals surface area contributed by atoms with Crippen LogP contribution in [0.3, 0.4) is 0 Å². The average molecular weight is 541 g/mol. The smallest absolute Gasteiger partial charge is 0.177 e. The average Bonchev–Trinajstić information content (AvgIpc) is 3.51. The molecule has 1 fully saturated rings. The minimum Gasteiger partial charge on any atom is -0.492 e. The molecule has 3 aliphatic rings. The number of hydrogen-bond donors (Lipinski definition) is 1. The molecule has 0 radical (unpaired) electrons. The lowest BCUT2D eigenvalue weighted by Gasteiger charge is -2.38. The summed E-state index contributed by atoms with van der Waals surface area (Å²) in [5.74, 6) is 1.87. The van der Waals surface area contributed by atoms with E-state index >= 15 is 0 Å². The summed E-state index contributed by atoms with van der Waals surface area (Å²) in [4.78, 5) is 22.8. The molecule has 0 bridgehead atoms. The standard InChI is InChI=1S/C33H44N6O/c1-22(20-38-12-6-7-13-38)35-29-10-11-33(4,5)18-28(29)23(2)39-14-15-40-31-9-8-25(16-27(31)21-39)26-17-30-32(34-19-26)37-24(3)36-30/h8-9,16-17,19,23H,6-7,10-15,18,20-21H2,1-5H3,(H,34,36,37). The maximum atomic E-state index is 6.26. The van der Waals surface area contributed by atoms with Crippen molar-refractivity contribution in [3.63, 3.8) is 0 Å². The lowest BCUT2D eigenvalue weighted by atomic mass is 9.74. The molecular formula is C33H44N6O. The van der Waals surface area contributed by atoms with Crippen LogP contribution in [0.15, 0.2) is 46.7 Å². The molecule has 1 unspecified atom stereocenters. The van der Waals surface area contributed by atoms with Gasteiger partial charge in [0.15, 0.2) is 5.65 Å². The normalized spacial score (nSPS) is 21.4. The predicted molar refractivity (Wildman–Crippen MR) is 163 cm³/mol. The molecule has 1 saturated heterocycles. The molecule has 0 spiro atoms. The lowest BCUT2D eigenvalue weighted by Crippen LogP contribution is -2.38. The number of aryl methyl sites for hydroxylation is 1. The van der Waals surface area contributed by atoms with Crippen molar-refractivity contribution in [1.82, 2.24) is 24.8 Å². The number of aliphatic imine (C=N–C) groups is 1. The van der Waals surface area contributed by atoms with E-state index in [1.807, 2.05) is 13.1 Å². The van der Waals surface area contributed by atoms with Gasteiger partial charge in [-0.15, -0.1) is 0 Å². The Morgan fingerprint density at radius 3 is 2.80 bits per heavy atom. The van der Waals surface area contributed by atoms with Gasteiger partial charge in [-0.05, 0) is 101 Å². The number of hydrogen-bond acceptors (Lipinski definition) is 6. The molecule has 212 valence electrons. The van der Waals surface area contributed by atoms with Crippen molar-refractivity contribution in [3.05, 3.63) is 53.1 Å². The van der Waals surface area contributed by atoms with Crippen molar-refractivity contribution in [3.8, 4) is 16.9 Å². The fraction of sp³-hybridized carbons (Fsp3) is 0.545. The Balaban J connectivity index is 1.27. The maximum Gasteiger partial charge on any atom is 0.177 e. The number of aromatic amines is 1. The molecule has 6 rings (SSSR count). The predicted octanol–water partition coefficient (Wildman–Crippen LogP) is 6.54. The summed E-state index contributed by atoms with van der Waals surface area (Å²) in [7, 11) is 0. The molecule has 1 aliphatic carbocycles. The van der Waals surface area contributed by atoms with Gasteiger partial charge in [-0.2, -0.15) is 0 Å². The monoisotopic (exact) mass is 540 g/mol. The van der Waals surface area contributed by atoms with Gasteiger partial charge in [-0.1, -0.05) is 19.9 Å². The first kappa shape index (κ1) is 27.2. The van der Waals surface area contributed by atoms with E-state index in [0.717, 1.165) is 66.3 Å². The summed E-state index contributed by atoms with van der Waals surface area (Å²) in [5, 5.41) is 0. The number of ether oxygens (including phenoxy) is 1. The van der Waals surface area contributed by atoms with Crippen molar-refractivity contribution in [1.29, 1.82) is 0 Å². The molecule has 7 heteroatoms. The lowest BCUT2D eigenvalue weighted by molar-refractivity contribution is 0.182. The number of rotatable bonds is 6. The Kier molecular flexibility index (Phi) is 7.53. The zero-order chi connectivity index (χ0) is 27.9. The fourth-order valence-corrected chi connectivity index (χ4v) is 6.69. The number of benzene rings is 1. The highest BCUT2D eigenvalue weighted by molar-refractivity contribution is 5.85. The van der Waals surface area contributed by atoms with Crippen LogP contribution in [0.25, 0.3) is 22.3 Å². The van der Waals surface area contributed by atoms with Gasteiger partial charge in [-0.25, -0.2) is 9.97 Å². The van der Waals surface area contributed by atoms with Gasteiger partial charge in [0.05, 0.1) is 5.52 Å². The van der Waals surface area contributed by atoms with Gasteiger partial charge in [0.25, 0.3) is 0 Å². The van der Waals surface area contributed by atoms with Gasteiger partial charge in [0, 0.05) is 54.4 Å². The number of imidazole rings is 1. The molecule has 2 aromatic heterocycles. The van der Waals surface area contributed by atoms with E-state index in [1.165, 1.54) is 54.9 Å². The third-order valence-corrected chi connectivity index (χ3v) is 8.97. The first-order valence-electron chi connectivity index (χ1n) is 15.0. The SMILES string of the molecule is CC(CN1CCCC1)=NC1=C(C(C)N2CCOc3ccc(-c4cnc5nc(C)[nH]c5c4)cc3C2)CC(C)(C)CC1. The minimum absolute atomic E-state index is 0.301. The van der Waals surface area contributed by atoms with Gasteiger partial charge < -0.3 is 9.72 Å². The Bertz CT molecular complexity index is 1440. The number of nitrogens with zero attached hydrogens (tertiary/aromatic N) is 5. The van der Waals surface area contributed by atoms with E-state index < -0.39 is 0 Å². The van der Waals surface area contributed by atoms with Crippen molar-refractivity contribution in [2.45, 2.75) is 79.3 Å². The van der Waals surface area contributed by atoms with Crippen molar-refractivity contribution >= 4 is 16.9 Å². The molecule has 1 aromatic carbocycles. The molecule has 2 aliphatic heterocycles. The van der Waals surface area contributed by atoms with E-state index in [9.17, 15) is 0 Å². The number of pyridine rings is 1. The Morgan fingerprint density at radius 2 is 1.98 bits per heavy atom. The number of allylic oxidation sites excluding steroid dienone is 1. The number of H-pyrrole nitrogens is 1. The van der Waals surface area contributed by atoms with Crippen LogP contribution < -0.4 is 4.74 Å². The maximum absolute atomic E-state index is 6.26. The molecule has 1 N–H and O–H groups in total. The Morgan fingerprint density at radius 1 is 1.15 bits per heavy atom. The second kappa shape index (κ2) is 11.1. The quantitative estimate of drug-likeness (QED) is 0.360. The summed E-state index contributed by atoms with van der Waals surface area (Å²) >= 11 is 0. The third kappa shape index (κ3) is 5.86. The van der Waals surface area contributed by atoms with Crippen LogP contribution in [0.1, 0.15) is 71.2 Å². The fourth-order valence-electron chi connectivity index (χ4n) is 6.69. The molecule has 7 nitrogen and oxygen atoms in total. The number of likely N-dealkylation sites (tertiary alicyclic amines) is 1. The van der Waals surface area contributed by atoms with Crippen LogP contribution >= 0.6 is 0 Å². The highest BCUT2D eigenvalue weighted by atomic mass is 16.5. The Hall–Kier alpha value is -3.03. The van der Waals surface area contributed by atoms with Gasteiger partial charge in [0.2, 0.25) is 0 Å². The van der Waals surface area contributed by atoms with E-state index in [4.69, 9.17) is 9.73 Å². The van der Waals surface area contributed by atoms with Crippen molar-refractivity contribution in [2.24, 2.45) is 10.4 Å². The van der Waals surface area contributed by atoms with Crippen LogP contribution in [0.2, 0.25) is 0 Å². The van der Waals surface area contributed by atoms with Crippen LogP contribution in [-0.2, 0) is 6.54 Å². The largest absolute Gasteiger partial charge is 0.492 e. The minimum atomic E-state index is 0.301. The highest BCUT2D eigenvalue weighted by Gasteiger charge is 2.33. The summed E-state index contributed by atoms with van der Waals surface area (Å²) in [5.41, 5.74) is 9.60. The first-order chi connectivity index (χ1) is 19.2. The molecule has 0 saturated carbocycles. The summed E-state index contributed by atoms with van der Waals surface area (Å²) in [6, 6.07) is 9.01. The first-order valence-corrected chi connectivity index (χ1v) is 15.0. The molecule has 3 aromatic rings. The van der Waals surface area contributed by atoms with Crippen molar-refractivity contribution in [2.75, 3.05) is 32.8 Å².